The summed E-state index contributed by atoms with van der Waals surface area (Å²) < 4.78 is 0. The molecule has 0 unspecified atom stereocenters. The van der Waals surface area contributed by atoms with Gasteiger partial charge in [-0.05, 0) is 67.0 Å². The molecule has 15 nitrogen and oxygen atoms in total. The quantitative estimate of drug-likeness (QED) is 0.0555. The van der Waals surface area contributed by atoms with E-state index in [-0.39, 0.29) is 49.9 Å². The van der Waals surface area contributed by atoms with Gasteiger partial charge in [0.25, 0.3) is 0 Å². The molecule has 0 fully saturated rings. The van der Waals surface area contributed by atoms with Crippen LogP contribution in [0.1, 0.15) is 44.2 Å². The molecule has 2 aromatic carbocycles. The number of phenolic OH excluding ortho intramolecular Hbond substituents is 1. The number of carbonyl (C=O) groups is 5. The lowest BCUT2D eigenvalue weighted by atomic mass is 10.0. The number of rotatable bonds is 19. The van der Waals surface area contributed by atoms with Crippen molar-refractivity contribution in [3.05, 3.63) is 64.7 Å². The highest BCUT2D eigenvalue weighted by Crippen LogP contribution is 2.14. The molecule has 16 heteroatoms. The standard InChI is InChI=1S/C33H47ClN8O7/c1-19(2)15-26(29(45)40-25(32(48)49)5-4-14-38-33(36)37)41-30(46)27(17-21-6-10-22(34)11-7-21)39-28(44)18-42(3)31(47)24(35)16-20-8-12-23(43)13-9-20/h6-13,19,24-27,43H,4-5,14-18,35H2,1-3H3,(H,39,44)(H,40,45)(H,41,46)(H,48,49)(H4,36,37,38)/t24-,25-,26-,27-/m0/s1. The topological polar surface area (TPSA) is 253 Å². The molecule has 268 valence electrons. The van der Waals surface area contributed by atoms with E-state index in [4.69, 9.17) is 28.5 Å². The number of amides is 4. The number of carboxylic acids is 1. The Labute approximate surface area is 290 Å². The number of likely N-dealkylation sites (N-methyl/N-ethyl adjacent to an activating group) is 1. The van der Waals surface area contributed by atoms with Crippen molar-refractivity contribution in [3.8, 4) is 5.75 Å². The third-order valence-corrected chi connectivity index (χ3v) is 7.66. The highest BCUT2D eigenvalue weighted by Gasteiger charge is 2.31. The van der Waals surface area contributed by atoms with Crippen molar-refractivity contribution < 1.29 is 34.2 Å². The fourth-order valence-electron chi connectivity index (χ4n) is 4.89. The molecule has 0 aliphatic rings. The maximum atomic E-state index is 13.7. The van der Waals surface area contributed by atoms with Crippen molar-refractivity contribution in [1.82, 2.24) is 26.2 Å². The molecular weight excluding hydrogens is 656 g/mol. The second-order valence-electron chi connectivity index (χ2n) is 12.2. The number of benzene rings is 2. The zero-order chi connectivity index (χ0) is 36.7. The molecular formula is C33H47ClN8O7. The van der Waals surface area contributed by atoms with Crippen LogP contribution in [0.2, 0.25) is 5.02 Å². The lowest BCUT2D eigenvalue weighted by Crippen LogP contribution is -2.57. The smallest absolute Gasteiger partial charge is 0.326 e. The summed E-state index contributed by atoms with van der Waals surface area (Å²) in [6, 6.07) is 8.32. The molecule has 0 heterocycles. The molecule has 0 aromatic heterocycles. The summed E-state index contributed by atoms with van der Waals surface area (Å²) in [5, 5.41) is 37.2. The molecule has 0 bridgehead atoms. The minimum absolute atomic E-state index is 0.0175. The average Bonchev–Trinajstić information content (AvgIpc) is 3.02. The molecule has 0 aliphatic heterocycles. The minimum Gasteiger partial charge on any atom is -0.508 e. The van der Waals surface area contributed by atoms with Crippen molar-refractivity contribution in [2.45, 2.75) is 70.1 Å². The van der Waals surface area contributed by atoms with Gasteiger partial charge < -0.3 is 47.8 Å². The number of nitrogens with zero attached hydrogens (tertiary/aromatic N) is 1. The largest absolute Gasteiger partial charge is 0.508 e. The van der Waals surface area contributed by atoms with E-state index < -0.39 is 60.3 Å². The Morgan fingerprint density at radius 2 is 1.43 bits per heavy atom. The van der Waals surface area contributed by atoms with Gasteiger partial charge in [0.15, 0.2) is 5.96 Å². The van der Waals surface area contributed by atoms with E-state index >= 15 is 0 Å². The van der Waals surface area contributed by atoms with Crippen molar-refractivity contribution in [2.24, 2.45) is 17.4 Å². The van der Waals surface area contributed by atoms with E-state index in [1.54, 1.807) is 36.4 Å². The summed E-state index contributed by atoms with van der Waals surface area (Å²) >= 11 is 6.02. The van der Waals surface area contributed by atoms with Gasteiger partial charge in [0.2, 0.25) is 23.6 Å². The van der Waals surface area contributed by atoms with E-state index in [1.807, 2.05) is 13.8 Å². The number of halogens is 1. The van der Waals surface area contributed by atoms with Crippen LogP contribution in [0.4, 0.5) is 0 Å². The Hall–Kier alpha value is -4.89. The first-order chi connectivity index (χ1) is 23.0. The molecule has 2 aromatic rings. The first-order valence-electron chi connectivity index (χ1n) is 15.8. The van der Waals surface area contributed by atoms with Gasteiger partial charge in [0.1, 0.15) is 23.9 Å². The van der Waals surface area contributed by atoms with Crippen LogP contribution >= 0.6 is 11.6 Å². The Kier molecular flexibility index (Phi) is 16.3. The predicted molar refractivity (Wildman–Crippen MR) is 185 cm³/mol. The van der Waals surface area contributed by atoms with E-state index in [0.717, 1.165) is 10.5 Å². The first kappa shape index (κ1) is 40.3. The first-order valence-corrected chi connectivity index (χ1v) is 16.2. The molecule has 0 radical (unpaired) electrons. The van der Waals surface area contributed by atoms with Gasteiger partial charge in [0, 0.05) is 25.0 Å². The summed E-state index contributed by atoms with van der Waals surface area (Å²) in [6.07, 6.45) is 0.705. The van der Waals surface area contributed by atoms with Gasteiger partial charge in [-0.2, -0.15) is 0 Å². The third-order valence-electron chi connectivity index (χ3n) is 7.41. The number of phenols is 1. The number of aliphatic carboxylic acids is 1. The molecule has 4 amide bonds. The Bertz CT molecular complexity index is 1440. The summed E-state index contributed by atoms with van der Waals surface area (Å²) in [5.74, 6) is -4.10. The van der Waals surface area contributed by atoms with E-state index in [0.29, 0.717) is 17.0 Å². The second kappa shape index (κ2) is 19.8. The number of nitrogens with one attached hydrogen (secondary N) is 5. The van der Waals surface area contributed by atoms with Crippen LogP contribution in [-0.4, -0.2) is 95.0 Å². The lowest BCUT2D eigenvalue weighted by Gasteiger charge is -2.26. The fraction of sp³-hybridized carbons (Fsp3) is 0.455. The maximum Gasteiger partial charge on any atom is 0.326 e. The summed E-state index contributed by atoms with van der Waals surface area (Å²) in [7, 11) is 1.41. The van der Waals surface area contributed by atoms with Gasteiger partial charge in [-0.25, -0.2) is 4.79 Å². The van der Waals surface area contributed by atoms with Gasteiger partial charge >= 0.3 is 5.97 Å². The van der Waals surface area contributed by atoms with Gasteiger partial charge in [0.05, 0.1) is 12.6 Å². The van der Waals surface area contributed by atoms with Crippen LogP contribution in [-0.2, 0) is 36.8 Å². The van der Waals surface area contributed by atoms with Crippen molar-refractivity contribution in [2.75, 3.05) is 20.1 Å². The second-order valence-corrected chi connectivity index (χ2v) is 12.6. The highest BCUT2D eigenvalue weighted by molar-refractivity contribution is 6.30. The highest BCUT2D eigenvalue weighted by atomic mass is 35.5. The Morgan fingerprint density at radius 1 is 0.878 bits per heavy atom. The van der Waals surface area contributed by atoms with Crippen molar-refractivity contribution in [1.29, 1.82) is 5.41 Å². The maximum absolute atomic E-state index is 13.7. The van der Waals surface area contributed by atoms with E-state index in [2.05, 4.69) is 21.3 Å². The lowest BCUT2D eigenvalue weighted by molar-refractivity contribution is -0.142. The minimum atomic E-state index is -1.26. The van der Waals surface area contributed by atoms with Gasteiger partial charge in [-0.15, -0.1) is 0 Å². The summed E-state index contributed by atoms with van der Waals surface area (Å²) in [4.78, 5) is 66.1. The Morgan fingerprint density at radius 3 is 2.00 bits per heavy atom. The Balaban J connectivity index is 2.17. The van der Waals surface area contributed by atoms with Crippen molar-refractivity contribution >= 4 is 47.2 Å². The monoisotopic (exact) mass is 702 g/mol. The van der Waals surface area contributed by atoms with Gasteiger partial charge in [-0.3, -0.25) is 24.6 Å². The normalized spacial score (nSPS) is 13.3. The van der Waals surface area contributed by atoms with E-state index in [9.17, 15) is 34.2 Å². The average molecular weight is 703 g/mol. The molecule has 4 atom stereocenters. The molecule has 49 heavy (non-hydrogen) atoms. The molecule has 0 aliphatic carbocycles. The van der Waals surface area contributed by atoms with Gasteiger partial charge in [-0.1, -0.05) is 49.7 Å². The van der Waals surface area contributed by atoms with Crippen LogP contribution < -0.4 is 32.7 Å². The fourth-order valence-corrected chi connectivity index (χ4v) is 5.02. The zero-order valence-corrected chi connectivity index (χ0v) is 28.6. The third kappa shape index (κ3) is 14.8. The van der Waals surface area contributed by atoms with Crippen LogP contribution in [0.3, 0.4) is 0 Å². The SMILES string of the molecule is CC(C)C[C@H](NC(=O)[C@H](Cc1ccc(Cl)cc1)NC(=O)CN(C)C(=O)[C@@H](N)Cc1ccc(O)cc1)C(=O)N[C@@H](CCCNC(=N)N)C(=O)O. The number of hydrogen-bond acceptors (Lipinski definition) is 8. The van der Waals surface area contributed by atoms with E-state index in [1.165, 1.54) is 19.2 Å². The summed E-state index contributed by atoms with van der Waals surface area (Å²) in [5.41, 5.74) is 12.7. The number of aromatic hydroxyl groups is 1. The number of hydrogen-bond donors (Lipinski definition) is 9. The van der Waals surface area contributed by atoms with Crippen LogP contribution in [0.15, 0.2) is 48.5 Å². The molecule has 0 saturated carbocycles. The molecule has 0 saturated heterocycles. The van der Waals surface area contributed by atoms with Crippen molar-refractivity contribution in [3.63, 3.8) is 0 Å². The molecule has 2 rings (SSSR count). The molecule has 0 spiro atoms. The van der Waals surface area contributed by atoms with Crippen LogP contribution in [0, 0.1) is 11.3 Å². The summed E-state index contributed by atoms with van der Waals surface area (Å²) in [6.45, 7) is 3.49. The number of nitrogens with two attached hydrogens (primary N) is 2. The predicted octanol–water partition coefficient (Wildman–Crippen LogP) is 0.465. The zero-order valence-electron chi connectivity index (χ0n) is 27.9. The number of carbonyl (C=O) groups excluding carboxylic acids is 4. The number of guanidine groups is 1. The molecule has 11 N–H and O–H groups in total. The van der Waals surface area contributed by atoms with Crippen LogP contribution in [0.25, 0.3) is 0 Å². The van der Waals surface area contributed by atoms with Crippen LogP contribution in [0.5, 0.6) is 5.75 Å². The number of carboxylic acid groups (broad SMARTS) is 1.